The van der Waals surface area contributed by atoms with E-state index in [-0.39, 0.29) is 11.9 Å². The Bertz CT molecular complexity index is 900. The fourth-order valence-electron chi connectivity index (χ4n) is 3.03. The largest absolute Gasteiger partial charge is 0.444 e. The monoisotopic (exact) mass is 395 g/mol. The number of halogens is 1. The summed E-state index contributed by atoms with van der Waals surface area (Å²) in [4.78, 5) is 21.5. The molecule has 1 heterocycles. The van der Waals surface area contributed by atoms with Crippen LogP contribution in [0.25, 0.3) is 0 Å². The van der Waals surface area contributed by atoms with Crippen LogP contribution in [-0.2, 0) is 11.2 Å². The minimum atomic E-state index is -0.582. The number of ether oxygens (including phenoxy) is 1. The van der Waals surface area contributed by atoms with Crippen LogP contribution >= 0.6 is 0 Å². The lowest BCUT2D eigenvalue weighted by Crippen LogP contribution is -2.44. The van der Waals surface area contributed by atoms with Crippen LogP contribution in [0, 0.1) is 5.82 Å². The Kier molecular flexibility index (Phi) is 6.42. The maximum atomic E-state index is 13.2. The van der Waals surface area contributed by atoms with E-state index < -0.39 is 11.7 Å². The van der Waals surface area contributed by atoms with E-state index in [1.54, 1.807) is 12.1 Å². The zero-order valence-electron chi connectivity index (χ0n) is 17.0. The zero-order valence-corrected chi connectivity index (χ0v) is 17.0. The molecule has 0 unspecified atom stereocenters. The standard InChI is InChI=1S/C23H26FN3O2/c1-23(2,3)29-22(28)27-19(14-9-16-7-5-4-6-8-16)20-15-25-21(26-20)17-10-12-18(24)13-11-17/h4-8,10-13,19H,9,14-15H2,1-3H3,(H,27,28)/t19-/m1/s1. The number of carbonyl (C=O) groups is 1. The van der Waals surface area contributed by atoms with Crippen LogP contribution < -0.4 is 5.32 Å². The van der Waals surface area contributed by atoms with Gasteiger partial charge < -0.3 is 10.1 Å². The Morgan fingerprint density at radius 1 is 1.14 bits per heavy atom. The van der Waals surface area contributed by atoms with Gasteiger partial charge in [0, 0.05) is 5.56 Å². The van der Waals surface area contributed by atoms with Gasteiger partial charge in [-0.15, -0.1) is 0 Å². The summed E-state index contributed by atoms with van der Waals surface area (Å²) in [7, 11) is 0. The van der Waals surface area contributed by atoms with Crippen LogP contribution in [0.4, 0.5) is 9.18 Å². The lowest BCUT2D eigenvalue weighted by Gasteiger charge is -2.23. The predicted molar refractivity (Wildman–Crippen MR) is 113 cm³/mol. The molecule has 2 aromatic carbocycles. The van der Waals surface area contributed by atoms with Crippen molar-refractivity contribution in [3.8, 4) is 0 Å². The molecule has 1 aliphatic heterocycles. The first-order valence-electron chi connectivity index (χ1n) is 9.71. The minimum Gasteiger partial charge on any atom is -0.444 e. The van der Waals surface area contributed by atoms with Crippen LogP contribution in [0.15, 0.2) is 64.6 Å². The van der Waals surface area contributed by atoms with Crippen molar-refractivity contribution in [1.29, 1.82) is 0 Å². The van der Waals surface area contributed by atoms with Gasteiger partial charge in [-0.1, -0.05) is 30.3 Å². The first kappa shape index (κ1) is 20.7. The molecule has 1 amide bonds. The molecule has 0 aromatic heterocycles. The van der Waals surface area contributed by atoms with Gasteiger partial charge in [-0.3, -0.25) is 4.99 Å². The van der Waals surface area contributed by atoms with Gasteiger partial charge in [-0.2, -0.15) is 0 Å². The van der Waals surface area contributed by atoms with Crippen LogP contribution in [0.2, 0.25) is 0 Å². The maximum absolute atomic E-state index is 13.2. The summed E-state index contributed by atoms with van der Waals surface area (Å²) in [5.74, 6) is 0.250. The van der Waals surface area contributed by atoms with E-state index in [4.69, 9.17) is 4.74 Å². The van der Waals surface area contributed by atoms with E-state index in [2.05, 4.69) is 27.4 Å². The molecule has 0 fully saturated rings. The summed E-state index contributed by atoms with van der Waals surface area (Å²) in [5.41, 5.74) is 2.12. The van der Waals surface area contributed by atoms with Crippen molar-refractivity contribution < 1.29 is 13.9 Å². The summed E-state index contributed by atoms with van der Waals surface area (Å²) in [6.45, 7) is 5.87. The van der Waals surface area contributed by atoms with E-state index in [9.17, 15) is 9.18 Å². The molecule has 6 heteroatoms. The second-order valence-corrected chi connectivity index (χ2v) is 7.97. The first-order chi connectivity index (χ1) is 13.8. The second kappa shape index (κ2) is 8.99. The lowest BCUT2D eigenvalue weighted by atomic mass is 10.0. The van der Waals surface area contributed by atoms with Crippen LogP contribution in [0.3, 0.4) is 0 Å². The van der Waals surface area contributed by atoms with Crippen LogP contribution in [0.1, 0.15) is 38.3 Å². The highest BCUT2D eigenvalue weighted by Gasteiger charge is 2.25. The average Bonchev–Trinajstić information content (AvgIpc) is 3.15. The van der Waals surface area contributed by atoms with Gasteiger partial charge in [0.2, 0.25) is 0 Å². The third-order valence-electron chi connectivity index (χ3n) is 4.40. The number of alkyl carbamates (subject to hydrolysis) is 1. The summed E-state index contributed by atoms with van der Waals surface area (Å²) >= 11 is 0. The van der Waals surface area contributed by atoms with Crippen molar-refractivity contribution in [1.82, 2.24) is 5.32 Å². The highest BCUT2D eigenvalue weighted by atomic mass is 19.1. The summed E-state index contributed by atoms with van der Waals surface area (Å²) in [6.07, 6.45) is 0.981. The van der Waals surface area contributed by atoms with E-state index in [0.29, 0.717) is 18.8 Å². The number of hydrogen-bond acceptors (Lipinski definition) is 4. The number of amidine groups is 1. The summed E-state index contributed by atoms with van der Waals surface area (Å²) in [5, 5.41) is 2.94. The molecule has 0 aliphatic carbocycles. The first-order valence-corrected chi connectivity index (χ1v) is 9.71. The number of hydrogen-bond donors (Lipinski definition) is 1. The smallest absolute Gasteiger partial charge is 0.408 e. The van der Waals surface area contributed by atoms with Crippen molar-refractivity contribution in [2.45, 2.75) is 45.3 Å². The number of aliphatic imine (C=N–C) groups is 2. The van der Waals surface area contributed by atoms with E-state index in [1.807, 2.05) is 39.0 Å². The van der Waals surface area contributed by atoms with Crippen molar-refractivity contribution in [2.75, 3.05) is 6.54 Å². The minimum absolute atomic E-state index is 0.299. The van der Waals surface area contributed by atoms with Gasteiger partial charge in [0.25, 0.3) is 0 Å². The molecule has 0 saturated heterocycles. The molecule has 5 nitrogen and oxygen atoms in total. The summed E-state index contributed by atoms with van der Waals surface area (Å²) in [6, 6.07) is 15.9. The lowest BCUT2D eigenvalue weighted by molar-refractivity contribution is 0.0516. The Morgan fingerprint density at radius 3 is 2.48 bits per heavy atom. The van der Waals surface area contributed by atoms with Crippen LogP contribution in [-0.4, -0.2) is 35.8 Å². The van der Waals surface area contributed by atoms with Crippen molar-refractivity contribution >= 4 is 17.6 Å². The molecule has 0 saturated carbocycles. The molecule has 0 spiro atoms. The molecule has 1 aliphatic rings. The SMILES string of the molecule is CC(C)(C)OC(=O)N[C@H](CCc1ccccc1)C1=NC(c2ccc(F)cc2)=NC1. The van der Waals surface area contributed by atoms with Crippen molar-refractivity contribution in [2.24, 2.45) is 9.98 Å². The van der Waals surface area contributed by atoms with E-state index in [0.717, 1.165) is 17.7 Å². The normalized spacial score (nSPS) is 14.8. The Morgan fingerprint density at radius 2 is 1.83 bits per heavy atom. The topological polar surface area (TPSA) is 63.0 Å². The zero-order chi connectivity index (χ0) is 20.9. The third-order valence-corrected chi connectivity index (χ3v) is 4.40. The van der Waals surface area contributed by atoms with Gasteiger partial charge in [0.15, 0.2) is 5.84 Å². The number of aryl methyl sites for hydroxylation is 1. The summed E-state index contributed by atoms with van der Waals surface area (Å²) < 4.78 is 18.6. The molecular formula is C23H26FN3O2. The molecule has 1 atom stereocenters. The molecule has 0 radical (unpaired) electrons. The Hall–Kier alpha value is -3.02. The number of nitrogens with one attached hydrogen (secondary N) is 1. The highest BCUT2D eigenvalue weighted by molar-refractivity contribution is 6.13. The number of nitrogens with zero attached hydrogens (tertiary/aromatic N) is 2. The average molecular weight is 395 g/mol. The third kappa shape index (κ3) is 6.24. The Labute approximate surface area is 170 Å². The molecular weight excluding hydrogens is 369 g/mol. The number of amides is 1. The van der Waals surface area contributed by atoms with Crippen molar-refractivity contribution in [3.63, 3.8) is 0 Å². The highest BCUT2D eigenvalue weighted by Crippen LogP contribution is 2.15. The van der Waals surface area contributed by atoms with Gasteiger partial charge >= 0.3 is 6.09 Å². The fraction of sp³-hybridized carbons (Fsp3) is 0.348. The fourth-order valence-corrected chi connectivity index (χ4v) is 3.03. The predicted octanol–water partition coefficient (Wildman–Crippen LogP) is 4.55. The molecule has 152 valence electrons. The quantitative estimate of drug-likeness (QED) is 0.780. The van der Waals surface area contributed by atoms with E-state index in [1.165, 1.54) is 17.7 Å². The van der Waals surface area contributed by atoms with Crippen LogP contribution in [0.5, 0.6) is 0 Å². The molecule has 3 rings (SSSR count). The van der Waals surface area contributed by atoms with Gasteiger partial charge in [0.1, 0.15) is 11.4 Å². The van der Waals surface area contributed by atoms with E-state index >= 15 is 0 Å². The molecule has 29 heavy (non-hydrogen) atoms. The maximum Gasteiger partial charge on any atom is 0.408 e. The molecule has 0 bridgehead atoms. The number of rotatable bonds is 6. The second-order valence-electron chi connectivity index (χ2n) is 7.97. The Balaban J connectivity index is 1.74. The molecule has 2 aromatic rings. The van der Waals surface area contributed by atoms with Gasteiger partial charge in [-0.05, 0) is 63.4 Å². The number of benzene rings is 2. The molecule has 1 N–H and O–H groups in total. The van der Waals surface area contributed by atoms with Gasteiger partial charge in [0.05, 0.1) is 18.3 Å². The number of carbonyl (C=O) groups excluding carboxylic acids is 1. The van der Waals surface area contributed by atoms with Gasteiger partial charge in [-0.25, -0.2) is 14.2 Å². The van der Waals surface area contributed by atoms with Crippen molar-refractivity contribution in [3.05, 3.63) is 71.5 Å².